The van der Waals surface area contributed by atoms with E-state index >= 15 is 0 Å². The maximum Gasteiger partial charge on any atom is 0.516 e. The predicted octanol–water partition coefficient (Wildman–Crippen LogP) is 14.7. The van der Waals surface area contributed by atoms with Gasteiger partial charge in [0.15, 0.2) is 10.3 Å². The van der Waals surface area contributed by atoms with Crippen LogP contribution in [0.25, 0.3) is 21.1 Å². The Balaban J connectivity index is 0.000000126. The molecule has 134 heavy (non-hydrogen) atoms. The fourth-order valence-corrected chi connectivity index (χ4v) is 19.3. The summed E-state index contributed by atoms with van der Waals surface area (Å²) >= 11 is 8.00. The summed E-state index contributed by atoms with van der Waals surface area (Å²) in [6, 6.07) is 13.5. The van der Waals surface area contributed by atoms with E-state index in [9.17, 15) is 8.78 Å². The van der Waals surface area contributed by atoms with Crippen molar-refractivity contribution in [1.82, 2.24) is 44.9 Å². The summed E-state index contributed by atoms with van der Waals surface area (Å²) in [7, 11) is -2.76. The fraction of sp³-hybridized carbons (Fsp3) is 0.624. The molecule has 9 aromatic rings. The number of piperidine rings is 1. The average molecular weight is 1930 g/mol. The molecule has 0 atom stereocenters. The highest BCUT2D eigenvalue weighted by Crippen LogP contribution is 2.46. The van der Waals surface area contributed by atoms with E-state index in [0.717, 1.165) is 119 Å². The van der Waals surface area contributed by atoms with Gasteiger partial charge in [0.25, 0.3) is 0 Å². The van der Waals surface area contributed by atoms with Crippen LogP contribution in [0.4, 0.5) is 24.9 Å². The van der Waals surface area contributed by atoms with E-state index in [1.807, 2.05) is 118 Å². The summed E-state index contributed by atoms with van der Waals surface area (Å²) in [6.45, 7) is 64.9. The van der Waals surface area contributed by atoms with Gasteiger partial charge in [-0.2, -0.15) is 0 Å². The molecule has 720 valence electrons. The first kappa shape index (κ1) is 104. The van der Waals surface area contributed by atoms with Gasteiger partial charge >= 0.3 is 49.8 Å². The Morgan fingerprint density at radius 1 is 0.313 bits per heavy atom. The summed E-state index contributed by atoms with van der Waals surface area (Å²) in [6.07, 6.45) is 17.5. The minimum Gasteiger partial charge on any atom is -0.399 e. The quantitative estimate of drug-likeness (QED) is 0.0971. The van der Waals surface area contributed by atoms with E-state index in [4.69, 9.17) is 74.9 Å². The number of nitrogens with zero attached hydrogens (tertiary/aromatic N) is 12. The molecule has 10 saturated heterocycles. The highest BCUT2D eigenvalue weighted by Gasteiger charge is 2.59. The number of morpholine rings is 1. The van der Waals surface area contributed by atoms with E-state index in [2.05, 4.69) is 188 Å². The van der Waals surface area contributed by atoms with Crippen LogP contribution in [-0.2, 0) is 69.9 Å². The van der Waals surface area contributed by atoms with Crippen molar-refractivity contribution in [2.75, 3.05) is 67.2 Å². The molecular weight excluding hydrogens is 1800 g/mol. The fourth-order valence-electron chi connectivity index (χ4n) is 14.9. The van der Waals surface area contributed by atoms with E-state index in [1.54, 1.807) is 69.3 Å². The lowest BCUT2D eigenvalue weighted by Crippen LogP contribution is -2.41. The summed E-state index contributed by atoms with van der Waals surface area (Å²) < 4.78 is 116. The second-order valence-corrected chi connectivity index (χ2v) is 46.9. The van der Waals surface area contributed by atoms with Gasteiger partial charge in [0.2, 0.25) is 0 Å². The predicted molar refractivity (Wildman–Crippen MR) is 538 cm³/mol. The second-order valence-electron chi connectivity index (χ2n) is 42.6. The van der Waals surface area contributed by atoms with Crippen molar-refractivity contribution in [3.05, 3.63) is 123 Å². The summed E-state index contributed by atoms with van der Waals surface area (Å²) in [5.41, 5.74) is 2.67. The van der Waals surface area contributed by atoms with Gasteiger partial charge in [-0.1, -0.05) is 30.3 Å². The number of halogens is 2. The first-order valence-electron chi connectivity index (χ1n) is 46.7. The molecule has 11 aliphatic rings. The Labute approximate surface area is 814 Å². The van der Waals surface area contributed by atoms with Crippen molar-refractivity contribution in [3.63, 3.8) is 0 Å². The minimum absolute atomic E-state index is 0.277. The molecule has 0 bridgehead atoms. The number of hydrogen-bond acceptors (Lipinski definition) is 32. The normalized spacial score (nSPS) is 23.4. The Hall–Kier alpha value is -6.14. The molecule has 0 spiro atoms. The molecule has 0 unspecified atom stereocenters. The molecule has 11 fully saturated rings. The van der Waals surface area contributed by atoms with E-state index in [-0.39, 0.29) is 103 Å². The number of hydrogen-bond donors (Lipinski definition) is 0. The van der Waals surface area contributed by atoms with Crippen molar-refractivity contribution in [2.45, 2.75) is 323 Å². The Morgan fingerprint density at radius 3 is 1.01 bits per heavy atom. The summed E-state index contributed by atoms with van der Waals surface area (Å²) in [4.78, 5) is 46.9. The van der Waals surface area contributed by atoms with Crippen LogP contribution in [0.3, 0.4) is 0 Å². The largest absolute Gasteiger partial charge is 0.516 e. The van der Waals surface area contributed by atoms with Gasteiger partial charge in [0, 0.05) is 113 Å². The van der Waals surface area contributed by atoms with Crippen LogP contribution in [-0.4, -0.2) is 226 Å². The minimum atomic E-state index is -0.623. The van der Waals surface area contributed by atoms with Crippen molar-refractivity contribution in [2.24, 2.45) is 0 Å². The van der Waals surface area contributed by atoms with Crippen LogP contribution < -0.4 is 53.7 Å². The van der Waals surface area contributed by atoms with Crippen molar-refractivity contribution in [3.8, 4) is 21.1 Å². The molecule has 2 aromatic carbocycles. The maximum absolute atomic E-state index is 13.3. The van der Waals surface area contributed by atoms with Gasteiger partial charge in [-0.25, -0.2) is 48.7 Å². The smallest absolute Gasteiger partial charge is 0.399 e. The van der Waals surface area contributed by atoms with E-state index < -0.39 is 37.1 Å². The third kappa shape index (κ3) is 23.7. The first-order valence-corrected chi connectivity index (χ1v) is 51.1. The Bertz CT molecular complexity index is 5180. The maximum atomic E-state index is 13.3. The van der Waals surface area contributed by atoms with E-state index in [1.165, 1.54) is 79.8 Å². The molecule has 20 rings (SSSR count). The Kier molecular flexibility index (Phi) is 31.0. The molecule has 1 saturated carbocycles. The molecule has 0 N–H and O–H groups in total. The van der Waals surface area contributed by atoms with Crippen LogP contribution in [0.2, 0.25) is 0 Å². The SMILES string of the molecule is CC1(C)OB(c2cnc(N3CCCC3)cn2)OC1(C)C.CC1(C)OB(c2cncnc2)OC1(C)C.CC1(C)OB(c2csc(-c3cc(F)cc(F)c3)n2)OC1(C)C.CC1(C)OB(c2csc(-c3ccccc3)n2)OC1(C)C.CC1(C)OB(c2csc(C3CC3)n2)OC1(C)C.CC1(C)OB(c2csc(N3CCCCC3)n2)OC1(C)C.CC1(C)OB(c2csc(N3CCOCC3)n2)OC1(C)C. The number of anilines is 3. The van der Waals surface area contributed by atoms with Gasteiger partial charge in [0.1, 0.15) is 33.8 Å². The molecule has 0 amide bonds. The standard InChI is InChI=1S/C15H16BF2NO2S.C15H18BNO2S.C14H22BN3O2.C14H23BN2O2S.C13H21BN2O3S.C12H18BNO2S.C10H15BN2O2/c1-14(2)15(3,4)21-16(20-14)12-8-22-13(19-12)9-5-10(17)7-11(18)6-9;1-14(2)15(3,4)19-16(18-14)12-10-20-13(17-12)11-8-6-5-7-9-11;1-13(2)14(3,4)20-15(19-13)11-9-17-12(10-16-11)18-7-5-6-8-18;1-13(2)14(3,4)19-15(18-13)11-10-20-12(16-11)17-8-6-5-7-9-17;1-12(2)13(3,4)19-14(18-12)10-9-20-11(15-10)16-5-7-17-8-6-16;1-11(2)12(3,4)16-13(15-11)9-7-17-10(14-9)8-5-6-8;1-9(2)10(3,4)15-11(14-9)8-5-12-7-13-6-8/h5-8H,1-4H3;5-10H,1-4H3;9-10H,5-8H2,1-4H3;10H,5-9H2,1-4H3;9H,5-8H2,1-4H3;7-8H,5-6H2,1-4H3;5-7H,1-4H3. The highest BCUT2D eigenvalue weighted by atomic mass is 32.1. The molecule has 27 nitrogen and oxygen atoms in total. The lowest BCUT2D eigenvalue weighted by molar-refractivity contribution is 0.00578. The average Bonchev–Trinajstić information content (AvgIpc) is 1.66. The van der Waals surface area contributed by atoms with Crippen molar-refractivity contribution < 1.29 is 78.7 Å². The van der Waals surface area contributed by atoms with Crippen molar-refractivity contribution >= 4 is 162 Å². The number of ether oxygens (including phenoxy) is 1. The highest BCUT2D eigenvalue weighted by molar-refractivity contribution is 7.15. The summed E-state index contributed by atoms with van der Waals surface area (Å²) in [5, 5.41) is 14.9. The monoisotopic (exact) mass is 1930 g/mol. The van der Waals surface area contributed by atoms with Crippen LogP contribution in [0, 0.1) is 11.6 Å². The van der Waals surface area contributed by atoms with Gasteiger partial charge < -0.3 is 84.6 Å². The van der Waals surface area contributed by atoms with Crippen LogP contribution in [0.15, 0.2) is 107 Å². The zero-order valence-corrected chi connectivity index (χ0v) is 87.5. The van der Waals surface area contributed by atoms with Gasteiger partial charge in [-0.05, 0) is 251 Å². The molecule has 7 aromatic heterocycles. The molecule has 41 heteroatoms. The van der Waals surface area contributed by atoms with Gasteiger partial charge in [-0.15, -0.1) is 56.7 Å². The topological polar surface area (TPSA) is 264 Å². The van der Waals surface area contributed by atoms with Gasteiger partial charge in [0.05, 0.1) is 136 Å². The number of thiazole rings is 5. The molecule has 1 aliphatic carbocycles. The zero-order valence-electron chi connectivity index (χ0n) is 83.4. The molecular formula is C93H133B7F2N12O15S5. The number of rotatable bonds is 13. The lowest BCUT2D eigenvalue weighted by Gasteiger charge is -2.32. The number of benzene rings is 2. The van der Waals surface area contributed by atoms with E-state index in [0.29, 0.717) is 22.1 Å². The van der Waals surface area contributed by atoms with Crippen molar-refractivity contribution in [1.29, 1.82) is 0 Å². The Morgan fingerprint density at radius 2 is 0.634 bits per heavy atom. The number of aromatic nitrogens is 9. The van der Waals surface area contributed by atoms with Crippen LogP contribution in [0.1, 0.15) is 250 Å². The first-order chi connectivity index (χ1) is 62.5. The van der Waals surface area contributed by atoms with Gasteiger partial charge in [-0.3, -0.25) is 4.98 Å². The lowest BCUT2D eigenvalue weighted by atomic mass is 9.81. The molecule has 0 radical (unpaired) electrons. The summed E-state index contributed by atoms with van der Waals surface area (Å²) in [5.74, 6) is 0.406. The second kappa shape index (κ2) is 40.1. The molecule has 17 heterocycles. The zero-order chi connectivity index (χ0) is 97.0. The third-order valence-electron chi connectivity index (χ3n) is 28.7. The third-order valence-corrected chi connectivity index (χ3v) is 33.4. The van der Waals surface area contributed by atoms with Crippen LogP contribution >= 0.6 is 56.7 Å². The van der Waals surface area contributed by atoms with Crippen LogP contribution in [0.5, 0.6) is 0 Å². The molecule has 10 aliphatic heterocycles.